The number of benzene rings is 1. The van der Waals surface area contributed by atoms with E-state index in [1.54, 1.807) is 13.2 Å². The Bertz CT molecular complexity index is 1430. The van der Waals surface area contributed by atoms with Gasteiger partial charge in [0.15, 0.2) is 25.0 Å². The van der Waals surface area contributed by atoms with Gasteiger partial charge in [-0.05, 0) is 79.0 Å². The molecule has 1 aliphatic heterocycles. The van der Waals surface area contributed by atoms with Gasteiger partial charge in [0.25, 0.3) is 0 Å². The number of methoxy groups -OCH3 is 1. The maximum atomic E-state index is 14.2. The van der Waals surface area contributed by atoms with Crippen LogP contribution in [0.15, 0.2) is 36.9 Å². The molecule has 56 heavy (non-hydrogen) atoms. The quantitative estimate of drug-likeness (QED) is 0.0555. The molecule has 8 nitrogen and oxygen atoms in total. The third-order valence-electron chi connectivity index (χ3n) is 12.9. The zero-order valence-electron chi connectivity index (χ0n) is 37.8. The molecule has 1 aromatic rings. The van der Waals surface area contributed by atoms with E-state index in [4.69, 9.17) is 32.2 Å². The van der Waals surface area contributed by atoms with Crippen LogP contribution in [0.3, 0.4) is 0 Å². The van der Waals surface area contributed by atoms with Gasteiger partial charge in [-0.2, -0.15) is 13.2 Å². The maximum absolute atomic E-state index is 14.2. The van der Waals surface area contributed by atoms with E-state index in [9.17, 15) is 18.0 Å². The van der Waals surface area contributed by atoms with E-state index >= 15 is 0 Å². The molecule has 324 valence electrons. The predicted molar refractivity (Wildman–Crippen MR) is 227 cm³/mol. The molecule has 0 amide bonds. The topological polar surface area (TPSA) is 85.0 Å². The Morgan fingerprint density at radius 1 is 0.839 bits per heavy atom. The number of hydrogen-bond donors (Lipinski definition) is 0. The molecule has 0 aromatic heterocycles. The Hall–Kier alpha value is -1.53. The summed E-state index contributed by atoms with van der Waals surface area (Å²) in [5.74, 6) is -3.34. The maximum Gasteiger partial charge on any atom is 0.490 e. The Kier molecular flexibility index (Phi) is 16.6. The van der Waals surface area contributed by atoms with Crippen molar-refractivity contribution < 1.29 is 50.2 Å². The highest BCUT2D eigenvalue weighted by Crippen LogP contribution is 2.52. The molecule has 0 aliphatic carbocycles. The molecular weight excluding hydrogens is 774 g/mol. The molecule has 2 rings (SSSR count). The second-order valence-corrected chi connectivity index (χ2v) is 34.8. The summed E-state index contributed by atoms with van der Waals surface area (Å²) in [7, 11) is -5.96. The lowest BCUT2D eigenvalue weighted by molar-refractivity contribution is -0.213. The lowest BCUT2D eigenvalue weighted by Gasteiger charge is -2.47. The van der Waals surface area contributed by atoms with Gasteiger partial charge in [-0.3, -0.25) is 0 Å². The fourth-order valence-corrected chi connectivity index (χ4v) is 9.30. The summed E-state index contributed by atoms with van der Waals surface area (Å²) < 4.78 is 87.1. The third kappa shape index (κ3) is 13.0. The summed E-state index contributed by atoms with van der Waals surface area (Å²) in [6.07, 6.45) is -6.25. The second-order valence-electron chi connectivity index (χ2n) is 20.4. The van der Waals surface area contributed by atoms with E-state index < -0.39 is 66.7 Å². The first kappa shape index (κ1) is 50.6. The third-order valence-corrected chi connectivity index (χ3v) is 26.4. The Labute approximate surface area is 340 Å². The van der Waals surface area contributed by atoms with Crippen LogP contribution in [0.25, 0.3) is 0 Å². The standard InChI is InChI=1S/C42H75F3O8Si3/c1-20-31(27-49-54(14,15)38(3,4)5)34(51-37(46)42(43,44)45)33(28-50-55(16,17)39(6,7)8)36(53-56(18,19)40(9,10)11)41(12)35(52-41)29(2)25-48-26-30-21-23-32(47-13)24-22-30/h20-24,29,31,33-36H,1,25-28H2,2-19H3/t29-,31-,33-,34+,35+,36-,41?/m0/s1. The zero-order chi connectivity index (χ0) is 43.5. The van der Waals surface area contributed by atoms with Crippen LogP contribution in [-0.4, -0.2) is 87.9 Å². The minimum atomic E-state index is -5.23. The van der Waals surface area contributed by atoms with Crippen LogP contribution in [0.4, 0.5) is 13.2 Å². The van der Waals surface area contributed by atoms with Crippen molar-refractivity contribution in [3.8, 4) is 5.75 Å². The normalized spacial score (nSPS) is 21.5. The highest BCUT2D eigenvalue weighted by atomic mass is 28.4. The van der Waals surface area contributed by atoms with Crippen molar-refractivity contribution >= 4 is 30.9 Å². The molecule has 7 atom stereocenters. The van der Waals surface area contributed by atoms with Crippen molar-refractivity contribution in [1.82, 2.24) is 0 Å². The lowest BCUT2D eigenvalue weighted by Crippen LogP contribution is -2.57. The minimum Gasteiger partial charge on any atom is -0.497 e. The molecule has 0 N–H and O–H groups in total. The average Bonchev–Trinajstić information content (AvgIpc) is 3.74. The summed E-state index contributed by atoms with van der Waals surface area (Å²) in [4.78, 5) is 13.0. The van der Waals surface area contributed by atoms with Crippen LogP contribution in [0, 0.1) is 17.8 Å². The largest absolute Gasteiger partial charge is 0.497 e. The molecule has 0 bridgehead atoms. The van der Waals surface area contributed by atoms with Crippen LogP contribution in [0.2, 0.25) is 54.4 Å². The molecule has 0 radical (unpaired) electrons. The van der Waals surface area contributed by atoms with Crippen molar-refractivity contribution in [2.75, 3.05) is 26.9 Å². The van der Waals surface area contributed by atoms with E-state index in [2.05, 4.69) is 108 Å². The molecule has 1 saturated heterocycles. The molecule has 1 fully saturated rings. The molecule has 1 aliphatic rings. The van der Waals surface area contributed by atoms with Crippen molar-refractivity contribution in [3.05, 3.63) is 42.5 Å². The van der Waals surface area contributed by atoms with Gasteiger partial charge in [-0.25, -0.2) is 4.79 Å². The number of halogens is 3. The predicted octanol–water partition coefficient (Wildman–Crippen LogP) is 11.3. The number of ether oxygens (including phenoxy) is 4. The van der Waals surface area contributed by atoms with E-state index in [1.165, 1.54) is 0 Å². The highest BCUT2D eigenvalue weighted by Gasteiger charge is 2.65. The number of epoxide rings is 1. The fourth-order valence-electron chi connectivity index (χ4n) is 5.82. The van der Waals surface area contributed by atoms with Crippen LogP contribution < -0.4 is 4.74 Å². The van der Waals surface area contributed by atoms with Crippen LogP contribution >= 0.6 is 0 Å². The molecule has 1 unspecified atom stereocenters. The van der Waals surface area contributed by atoms with E-state index in [1.807, 2.05) is 38.1 Å². The second kappa shape index (κ2) is 18.4. The first-order valence-corrected chi connectivity index (χ1v) is 28.6. The van der Waals surface area contributed by atoms with Crippen LogP contribution in [0.5, 0.6) is 5.75 Å². The van der Waals surface area contributed by atoms with E-state index in [0.29, 0.717) is 13.2 Å². The first-order chi connectivity index (χ1) is 25.1. The van der Waals surface area contributed by atoms with Gasteiger partial charge in [0.1, 0.15) is 17.5 Å². The van der Waals surface area contributed by atoms with Crippen molar-refractivity contribution in [2.24, 2.45) is 17.8 Å². The van der Waals surface area contributed by atoms with Gasteiger partial charge in [-0.1, -0.05) is 87.4 Å². The number of rotatable bonds is 20. The number of esters is 1. The SMILES string of the molecule is C=C[C@@H](CO[Si](C)(C)C(C)(C)C)[C@@H](OC(=O)C(F)(F)F)[C@H](CO[Si](C)(C)C(C)(C)C)[C@H](O[Si](C)(C)C(C)(C)C)C1(C)O[C@@H]1[C@@H](C)COCc1ccc(OC)cc1. The minimum absolute atomic E-state index is 0.00973. The van der Waals surface area contributed by atoms with Crippen molar-refractivity contribution in [3.63, 3.8) is 0 Å². The number of carbonyl (C=O) groups excluding carboxylic acids is 1. The zero-order valence-corrected chi connectivity index (χ0v) is 40.8. The van der Waals surface area contributed by atoms with Crippen LogP contribution in [-0.2, 0) is 38.9 Å². The molecule has 0 saturated carbocycles. The first-order valence-electron chi connectivity index (χ1n) is 19.9. The van der Waals surface area contributed by atoms with Gasteiger partial charge in [-0.15, -0.1) is 6.58 Å². The summed E-state index contributed by atoms with van der Waals surface area (Å²) in [5, 5.41) is -0.664. The monoisotopic (exact) mass is 848 g/mol. The van der Waals surface area contributed by atoms with Gasteiger partial charge >= 0.3 is 12.1 Å². The molecule has 1 aromatic carbocycles. The fraction of sp³-hybridized carbons (Fsp3) is 0.786. The molecule has 0 spiro atoms. The smallest absolute Gasteiger partial charge is 0.490 e. The van der Waals surface area contributed by atoms with E-state index in [0.717, 1.165) is 11.3 Å². The van der Waals surface area contributed by atoms with Crippen LogP contribution in [0.1, 0.15) is 81.7 Å². The number of alkyl halides is 3. The van der Waals surface area contributed by atoms with Gasteiger partial charge in [0.2, 0.25) is 0 Å². The summed E-state index contributed by atoms with van der Waals surface area (Å²) >= 11 is 0. The molecule has 1 heterocycles. The molecule has 14 heteroatoms. The number of hydrogen-bond acceptors (Lipinski definition) is 8. The Morgan fingerprint density at radius 2 is 1.32 bits per heavy atom. The van der Waals surface area contributed by atoms with Crippen molar-refractivity contribution in [2.45, 2.75) is 167 Å². The highest BCUT2D eigenvalue weighted by molar-refractivity contribution is 6.75. The van der Waals surface area contributed by atoms with Gasteiger partial charge in [0, 0.05) is 31.0 Å². The number of carbonyl (C=O) groups is 1. The van der Waals surface area contributed by atoms with Crippen molar-refractivity contribution in [1.29, 1.82) is 0 Å². The summed E-state index contributed by atoms with van der Waals surface area (Å²) in [6, 6.07) is 7.66. The molecular formula is C42H75F3O8Si3. The lowest BCUT2D eigenvalue weighted by atomic mass is 9.80. The Balaban J connectivity index is 2.74. The Morgan fingerprint density at radius 3 is 1.75 bits per heavy atom. The summed E-state index contributed by atoms with van der Waals surface area (Å²) in [6.45, 7) is 40.3. The van der Waals surface area contributed by atoms with E-state index in [-0.39, 0.29) is 40.4 Å². The van der Waals surface area contributed by atoms with Gasteiger partial charge < -0.3 is 32.2 Å². The van der Waals surface area contributed by atoms with Gasteiger partial charge in [0.05, 0.1) is 32.5 Å². The summed E-state index contributed by atoms with van der Waals surface area (Å²) in [5.41, 5.74) is 0.0126. The average molecular weight is 849 g/mol.